The molecule has 8 atom stereocenters. The molecule has 6 aromatic carbocycles. The number of halogens is 3. The molecule has 436 valence electrons. The van der Waals surface area contributed by atoms with Crippen molar-refractivity contribution >= 4 is 73.7 Å². The number of aromatic nitrogens is 2. The first kappa shape index (κ1) is 61.1. The van der Waals surface area contributed by atoms with E-state index in [1.54, 1.807) is 45.5 Å². The van der Waals surface area contributed by atoms with Gasteiger partial charge in [0.25, 0.3) is 11.1 Å². The molecule has 84 heavy (non-hydrogen) atoms. The lowest BCUT2D eigenvalue weighted by atomic mass is 10.1. The highest BCUT2D eigenvalue weighted by Gasteiger charge is 2.49. The topological polar surface area (TPSA) is 229 Å². The molecule has 17 nitrogen and oxygen atoms in total. The van der Waals surface area contributed by atoms with Crippen LogP contribution in [0.3, 0.4) is 0 Å². The van der Waals surface area contributed by atoms with Crippen molar-refractivity contribution < 1.29 is 38.6 Å². The van der Waals surface area contributed by atoms with Crippen LogP contribution >= 0.6 is 34.8 Å². The van der Waals surface area contributed by atoms with Gasteiger partial charge in [-0.1, -0.05) is 153 Å². The average Bonchev–Trinajstić information content (AvgIpc) is 2.01. The Morgan fingerprint density at radius 3 is 1.50 bits per heavy atom. The summed E-state index contributed by atoms with van der Waals surface area (Å²) >= 11 is 18.8. The Morgan fingerprint density at radius 1 is 0.583 bits per heavy atom. The SMILES string of the molecule is CCN(CC)CC.N#Cc1c(Cl)c2ccccc2n(Cc2ccccc2)c1=O.N#Cc1c(Nc2ccc(OC3CO[C@H]4[C@@H]3OC[C@@H]4O)c(Cl)c2)c2ccccc2n(Cc2ccccc2)c1=O.Nc1ccc(O[C@H]2CO[C@H]3[C@@H]2OC[C@@H]3O)c(Cl)c1. The van der Waals surface area contributed by atoms with Crippen LogP contribution in [0.15, 0.2) is 155 Å². The van der Waals surface area contributed by atoms with Gasteiger partial charge in [-0.15, -0.1) is 0 Å². The van der Waals surface area contributed by atoms with E-state index in [-0.39, 0.29) is 71.0 Å². The molecule has 12 rings (SSSR count). The van der Waals surface area contributed by atoms with E-state index in [1.807, 2.05) is 115 Å². The summed E-state index contributed by atoms with van der Waals surface area (Å²) in [7, 11) is 0. The van der Waals surface area contributed by atoms with Crippen LogP contribution in [0.5, 0.6) is 11.5 Å². The highest BCUT2D eigenvalue weighted by Crippen LogP contribution is 2.37. The molecule has 0 saturated carbocycles. The van der Waals surface area contributed by atoms with Crippen molar-refractivity contribution in [2.24, 2.45) is 0 Å². The van der Waals surface area contributed by atoms with Crippen molar-refractivity contribution in [3.05, 3.63) is 204 Å². The Balaban J connectivity index is 0.000000155. The molecule has 0 spiro atoms. The minimum atomic E-state index is -0.664. The lowest BCUT2D eigenvalue weighted by Crippen LogP contribution is -2.34. The van der Waals surface area contributed by atoms with Gasteiger partial charge in [-0.2, -0.15) is 10.5 Å². The number of aliphatic hydroxyl groups excluding tert-OH is 2. The number of ether oxygens (including phenoxy) is 6. The number of hydrogen-bond acceptors (Lipinski definition) is 15. The van der Waals surface area contributed by atoms with Crippen LogP contribution in [-0.4, -0.2) is 119 Å². The number of nitrogens with zero attached hydrogens (tertiary/aromatic N) is 5. The molecule has 6 heterocycles. The quantitative estimate of drug-likeness (QED) is 0.0788. The maximum Gasteiger partial charge on any atom is 0.271 e. The monoisotopic (exact) mass is 1200 g/mol. The van der Waals surface area contributed by atoms with Crippen molar-refractivity contribution in [3.8, 4) is 23.6 Å². The van der Waals surface area contributed by atoms with Gasteiger partial charge in [-0.25, -0.2) is 0 Å². The smallest absolute Gasteiger partial charge is 0.271 e. The lowest BCUT2D eigenvalue weighted by Gasteiger charge is -2.20. The zero-order valence-electron chi connectivity index (χ0n) is 46.4. The first-order chi connectivity index (χ1) is 40.7. The second-order valence-electron chi connectivity index (χ2n) is 20.2. The molecule has 2 aromatic heterocycles. The minimum absolute atomic E-state index is 0.00806. The van der Waals surface area contributed by atoms with Crippen molar-refractivity contribution in [1.29, 1.82) is 10.5 Å². The van der Waals surface area contributed by atoms with Gasteiger partial charge < -0.3 is 63.7 Å². The standard InChI is InChI=1S/C29H24ClN3O5.C17H11ClN2O.C12H14ClNO4.C6H15N/c30-21-12-18(10-11-24(21)38-25-16-37-27-23(34)15-36-28(25)27)32-26-19-8-4-5-9-22(19)33(29(35)20(26)13-31)14-17-6-2-1-3-7-17;18-16-13-8-4-5-9-15(13)20(17(21)14(16)10-19)11-12-6-2-1-3-7-12;13-7-3-6(14)1-2-9(7)18-10-5-17-11-8(15)4-16-12(10)11;1-4-7(5-2)6-3/h1-12,23,25,27-28,32,34H,14-16H2;1-9H,11H2;1-3,8,10-12,15H,4-5,14H2;4-6H2,1-3H3/t23-,25?,27+,28+;;8-,10-,11+,12+;/m0.0./s1. The summed E-state index contributed by atoms with van der Waals surface area (Å²) in [4.78, 5) is 28.3. The number of nitrogens with two attached hydrogens (primary N) is 1. The summed E-state index contributed by atoms with van der Waals surface area (Å²) in [6, 6.07) is 48.4. The number of nitriles is 2. The van der Waals surface area contributed by atoms with Crippen LogP contribution in [0.25, 0.3) is 21.8 Å². The summed E-state index contributed by atoms with van der Waals surface area (Å²) in [6.45, 7) is 12.1. The van der Waals surface area contributed by atoms with E-state index in [9.17, 15) is 30.3 Å². The second-order valence-corrected chi connectivity index (χ2v) is 21.4. The minimum Gasteiger partial charge on any atom is -0.484 e. The molecule has 0 radical (unpaired) electrons. The number of pyridine rings is 2. The van der Waals surface area contributed by atoms with Gasteiger partial charge in [-0.3, -0.25) is 9.59 Å². The van der Waals surface area contributed by atoms with Gasteiger partial charge in [0.1, 0.15) is 71.4 Å². The van der Waals surface area contributed by atoms with E-state index in [2.05, 4.69) is 37.1 Å². The Bertz CT molecular complexity index is 3780. The molecular weight excluding hydrogens is 1130 g/mol. The molecule has 0 amide bonds. The number of para-hydroxylation sites is 2. The van der Waals surface area contributed by atoms with E-state index >= 15 is 0 Å². The average molecular weight is 1200 g/mol. The largest absolute Gasteiger partial charge is 0.484 e. The van der Waals surface area contributed by atoms with Crippen LogP contribution in [0.4, 0.5) is 17.1 Å². The number of hydrogen-bond donors (Lipinski definition) is 4. The number of aliphatic hydroxyl groups is 2. The van der Waals surface area contributed by atoms with Crippen LogP contribution in [0.2, 0.25) is 15.1 Å². The molecule has 4 aliphatic rings. The molecule has 0 bridgehead atoms. The molecule has 4 saturated heterocycles. The van der Waals surface area contributed by atoms with Crippen LogP contribution in [-0.2, 0) is 32.0 Å². The van der Waals surface area contributed by atoms with E-state index in [0.717, 1.165) is 22.0 Å². The third kappa shape index (κ3) is 13.8. The molecule has 4 fully saturated rings. The number of rotatable bonds is 13. The third-order valence-corrected chi connectivity index (χ3v) is 15.9. The fourth-order valence-electron chi connectivity index (χ4n) is 10.5. The Morgan fingerprint density at radius 2 is 1.02 bits per heavy atom. The number of nitrogen functional groups attached to an aromatic ring is 1. The van der Waals surface area contributed by atoms with E-state index in [4.69, 9.17) is 69.0 Å². The van der Waals surface area contributed by atoms with Crippen molar-refractivity contribution in [1.82, 2.24) is 14.0 Å². The first-order valence-electron chi connectivity index (χ1n) is 27.6. The summed E-state index contributed by atoms with van der Waals surface area (Å²) in [5.74, 6) is 0.991. The molecule has 1 unspecified atom stereocenters. The molecule has 20 heteroatoms. The number of benzene rings is 6. The highest BCUT2D eigenvalue weighted by molar-refractivity contribution is 6.36. The van der Waals surface area contributed by atoms with Crippen molar-refractivity contribution in [3.63, 3.8) is 0 Å². The predicted molar refractivity (Wildman–Crippen MR) is 326 cm³/mol. The maximum absolute atomic E-state index is 13.5. The van der Waals surface area contributed by atoms with E-state index < -0.39 is 18.3 Å². The van der Waals surface area contributed by atoms with Crippen LogP contribution in [0.1, 0.15) is 43.0 Å². The number of nitrogens with one attached hydrogen (secondary N) is 1. The summed E-state index contributed by atoms with van der Waals surface area (Å²) in [6.07, 6.45) is -3.19. The Labute approximate surface area is 501 Å². The maximum atomic E-state index is 13.5. The molecule has 4 aliphatic heterocycles. The van der Waals surface area contributed by atoms with Gasteiger partial charge in [0.15, 0.2) is 12.2 Å². The lowest BCUT2D eigenvalue weighted by molar-refractivity contribution is 0.00863. The fourth-order valence-corrected chi connectivity index (χ4v) is 11.2. The van der Waals surface area contributed by atoms with Crippen molar-refractivity contribution in [2.45, 2.75) is 82.7 Å². The highest BCUT2D eigenvalue weighted by atomic mass is 35.5. The van der Waals surface area contributed by atoms with Gasteiger partial charge in [0.2, 0.25) is 0 Å². The predicted octanol–water partition coefficient (Wildman–Crippen LogP) is 9.98. The van der Waals surface area contributed by atoms with E-state index in [0.29, 0.717) is 75.8 Å². The van der Waals surface area contributed by atoms with Gasteiger partial charge in [0, 0.05) is 22.1 Å². The molecular formula is C64H64Cl3N7O10. The second kappa shape index (κ2) is 28.4. The number of fused-ring (bicyclic) bond motifs is 4. The third-order valence-electron chi connectivity index (χ3n) is 14.9. The van der Waals surface area contributed by atoms with Crippen LogP contribution in [0, 0.1) is 22.7 Å². The molecule has 5 N–H and O–H groups in total. The first-order valence-corrected chi connectivity index (χ1v) is 28.7. The molecule has 8 aromatic rings. The summed E-state index contributed by atoms with van der Waals surface area (Å²) < 4.78 is 37.2. The Kier molecular flexibility index (Phi) is 20.6. The molecule has 0 aliphatic carbocycles. The normalized spacial score (nSPS) is 20.9. The fraction of sp³-hybridized carbons (Fsp3) is 0.312. The van der Waals surface area contributed by atoms with Gasteiger partial charge >= 0.3 is 0 Å². The number of anilines is 3. The van der Waals surface area contributed by atoms with E-state index in [1.165, 1.54) is 19.6 Å². The zero-order chi connectivity index (χ0) is 59.4. The van der Waals surface area contributed by atoms with Gasteiger partial charge in [-0.05, 0) is 79.3 Å². The van der Waals surface area contributed by atoms with Gasteiger partial charge in [0.05, 0.1) is 71.3 Å². The summed E-state index contributed by atoms with van der Waals surface area (Å²) in [5, 5.41) is 44.5. The zero-order valence-corrected chi connectivity index (χ0v) is 48.7. The Hall–Kier alpha value is -7.49. The van der Waals surface area contributed by atoms with Crippen LogP contribution < -0.4 is 31.6 Å². The summed E-state index contributed by atoms with van der Waals surface area (Å²) in [5.41, 5.74) is 9.89. The van der Waals surface area contributed by atoms with Crippen molar-refractivity contribution in [2.75, 3.05) is 57.1 Å².